The molecule has 0 spiro atoms. The summed E-state index contributed by atoms with van der Waals surface area (Å²) in [5.41, 5.74) is 5.41. The van der Waals surface area contributed by atoms with Gasteiger partial charge in [-0.3, -0.25) is 0 Å². The van der Waals surface area contributed by atoms with E-state index in [1.807, 2.05) is 0 Å². The fourth-order valence-corrected chi connectivity index (χ4v) is 1.12. The summed E-state index contributed by atoms with van der Waals surface area (Å²) in [5.74, 6) is 0.560. The zero-order valence-corrected chi connectivity index (χ0v) is 5.38. The Hall–Kier alpha value is -0.750. The zero-order valence-electron chi connectivity index (χ0n) is 5.38. The summed E-state index contributed by atoms with van der Waals surface area (Å²) in [4.78, 5) is 1.76. The fourth-order valence-electron chi connectivity index (χ4n) is 1.12. The largest absolute Gasteiger partial charge is 0.330 e. The Labute approximate surface area is 55.1 Å². The van der Waals surface area contributed by atoms with Crippen molar-refractivity contribution in [2.75, 3.05) is 19.6 Å². The second kappa shape index (κ2) is 2.70. The van der Waals surface area contributed by atoms with Crippen LogP contribution in [-0.4, -0.2) is 24.5 Å². The summed E-state index contributed by atoms with van der Waals surface area (Å²) in [5, 5.41) is 8.41. The smallest absolute Gasteiger partial charge is 0.179 e. The van der Waals surface area contributed by atoms with Gasteiger partial charge in [0.05, 0.1) is 0 Å². The van der Waals surface area contributed by atoms with Crippen molar-refractivity contribution in [1.29, 1.82) is 5.26 Å². The minimum atomic E-state index is 0.560. The number of nitrogens with zero attached hydrogens (tertiary/aromatic N) is 2. The normalized spacial score (nSPS) is 26.2. The van der Waals surface area contributed by atoms with Crippen LogP contribution in [0.15, 0.2) is 0 Å². The fraction of sp³-hybridized carbons (Fsp3) is 0.833. The molecule has 0 aromatic rings. The first kappa shape index (κ1) is 6.37. The topological polar surface area (TPSA) is 53.0 Å². The van der Waals surface area contributed by atoms with Crippen LogP contribution in [0.1, 0.15) is 6.42 Å². The molecule has 1 fully saturated rings. The van der Waals surface area contributed by atoms with Gasteiger partial charge in [-0.1, -0.05) is 0 Å². The molecule has 0 aromatic heterocycles. The van der Waals surface area contributed by atoms with E-state index in [4.69, 9.17) is 11.0 Å². The molecule has 3 heteroatoms. The lowest BCUT2D eigenvalue weighted by Gasteiger charge is -2.04. The highest BCUT2D eigenvalue weighted by Gasteiger charge is 2.19. The molecule has 3 nitrogen and oxygen atoms in total. The molecule has 1 rings (SSSR count). The van der Waals surface area contributed by atoms with E-state index in [-0.39, 0.29) is 0 Å². The lowest BCUT2D eigenvalue weighted by Crippen LogP contribution is -2.18. The number of hydrogen-bond acceptors (Lipinski definition) is 3. The zero-order chi connectivity index (χ0) is 6.69. The van der Waals surface area contributed by atoms with E-state index in [1.165, 1.54) is 0 Å². The maximum atomic E-state index is 8.41. The second-order valence-electron chi connectivity index (χ2n) is 2.44. The Bertz CT molecular complexity index is 127. The number of likely N-dealkylation sites (tertiary alicyclic amines) is 1. The van der Waals surface area contributed by atoms with E-state index in [1.54, 1.807) is 4.90 Å². The van der Waals surface area contributed by atoms with Crippen molar-refractivity contribution in [2.24, 2.45) is 11.7 Å². The van der Waals surface area contributed by atoms with Crippen molar-refractivity contribution in [3.8, 4) is 6.19 Å². The number of rotatable bonds is 1. The summed E-state index contributed by atoms with van der Waals surface area (Å²) in [6.07, 6.45) is 3.19. The Balaban J connectivity index is 2.31. The molecule has 1 heterocycles. The number of nitriles is 1. The average Bonchev–Trinajstić information content (AvgIpc) is 2.34. The van der Waals surface area contributed by atoms with Crippen LogP contribution in [0, 0.1) is 17.4 Å². The van der Waals surface area contributed by atoms with Crippen molar-refractivity contribution in [3.63, 3.8) is 0 Å². The Morgan fingerprint density at radius 1 is 1.78 bits per heavy atom. The first-order valence-electron chi connectivity index (χ1n) is 3.21. The first-order valence-corrected chi connectivity index (χ1v) is 3.21. The van der Waals surface area contributed by atoms with E-state index < -0.39 is 0 Å². The van der Waals surface area contributed by atoms with Crippen LogP contribution in [-0.2, 0) is 0 Å². The molecule has 1 aliphatic heterocycles. The minimum absolute atomic E-state index is 0.560. The van der Waals surface area contributed by atoms with E-state index >= 15 is 0 Å². The standard InChI is InChI=1S/C6H11N3/c7-3-6-1-2-9(4-6)5-8/h6H,1-4,7H2. The van der Waals surface area contributed by atoms with Gasteiger partial charge in [-0.25, -0.2) is 0 Å². The third-order valence-electron chi connectivity index (χ3n) is 1.76. The molecule has 0 saturated carbocycles. The van der Waals surface area contributed by atoms with Gasteiger partial charge in [-0.05, 0) is 18.9 Å². The SMILES string of the molecule is N#CN1CCC(CN)C1. The molecule has 0 aliphatic carbocycles. The molecule has 0 radical (unpaired) electrons. The first-order chi connectivity index (χ1) is 4.36. The molecule has 50 valence electrons. The molecule has 1 unspecified atom stereocenters. The Morgan fingerprint density at radius 2 is 2.56 bits per heavy atom. The highest BCUT2D eigenvalue weighted by atomic mass is 15.1. The lowest BCUT2D eigenvalue weighted by atomic mass is 10.1. The summed E-state index contributed by atoms with van der Waals surface area (Å²) in [6.45, 7) is 2.49. The van der Waals surface area contributed by atoms with Gasteiger partial charge in [-0.2, -0.15) is 5.26 Å². The predicted molar refractivity (Wildman–Crippen MR) is 34.3 cm³/mol. The molecule has 0 bridgehead atoms. The molecule has 2 N–H and O–H groups in total. The summed E-state index contributed by atoms with van der Waals surface area (Å²) >= 11 is 0. The van der Waals surface area contributed by atoms with Crippen LogP contribution in [0.4, 0.5) is 0 Å². The summed E-state index contributed by atoms with van der Waals surface area (Å²) < 4.78 is 0. The maximum Gasteiger partial charge on any atom is 0.179 e. The van der Waals surface area contributed by atoms with Gasteiger partial charge >= 0.3 is 0 Å². The van der Waals surface area contributed by atoms with Gasteiger partial charge in [0.1, 0.15) is 0 Å². The van der Waals surface area contributed by atoms with Gasteiger partial charge in [-0.15, -0.1) is 0 Å². The van der Waals surface area contributed by atoms with Crippen LogP contribution < -0.4 is 5.73 Å². The van der Waals surface area contributed by atoms with Crippen LogP contribution >= 0.6 is 0 Å². The van der Waals surface area contributed by atoms with Gasteiger partial charge in [0, 0.05) is 13.1 Å². The van der Waals surface area contributed by atoms with Crippen LogP contribution in [0.2, 0.25) is 0 Å². The molecule has 0 amide bonds. The van der Waals surface area contributed by atoms with Crippen molar-refractivity contribution in [3.05, 3.63) is 0 Å². The highest BCUT2D eigenvalue weighted by Crippen LogP contribution is 2.12. The van der Waals surface area contributed by atoms with Crippen LogP contribution in [0.25, 0.3) is 0 Å². The average molecular weight is 125 g/mol. The second-order valence-corrected chi connectivity index (χ2v) is 2.44. The van der Waals surface area contributed by atoms with E-state index in [0.29, 0.717) is 5.92 Å². The maximum absolute atomic E-state index is 8.41. The lowest BCUT2D eigenvalue weighted by molar-refractivity contribution is 0.457. The molecule has 9 heavy (non-hydrogen) atoms. The van der Waals surface area contributed by atoms with Crippen molar-refractivity contribution in [1.82, 2.24) is 4.90 Å². The highest BCUT2D eigenvalue weighted by molar-refractivity contribution is 4.83. The minimum Gasteiger partial charge on any atom is -0.330 e. The van der Waals surface area contributed by atoms with Crippen molar-refractivity contribution >= 4 is 0 Å². The predicted octanol–water partition coefficient (Wildman–Crippen LogP) is -0.252. The third-order valence-corrected chi connectivity index (χ3v) is 1.76. The van der Waals surface area contributed by atoms with Crippen molar-refractivity contribution in [2.45, 2.75) is 6.42 Å². The molecular weight excluding hydrogens is 114 g/mol. The monoisotopic (exact) mass is 125 g/mol. The Morgan fingerprint density at radius 3 is 2.89 bits per heavy atom. The van der Waals surface area contributed by atoms with Gasteiger partial charge in [0.15, 0.2) is 6.19 Å². The molecule has 1 aliphatic rings. The van der Waals surface area contributed by atoms with Crippen LogP contribution in [0.5, 0.6) is 0 Å². The summed E-state index contributed by atoms with van der Waals surface area (Å²) in [7, 11) is 0. The van der Waals surface area contributed by atoms with Gasteiger partial charge in [0.25, 0.3) is 0 Å². The van der Waals surface area contributed by atoms with Gasteiger partial charge in [0.2, 0.25) is 0 Å². The molecule has 0 aromatic carbocycles. The number of hydrogen-bond donors (Lipinski definition) is 1. The van der Waals surface area contributed by atoms with E-state index in [0.717, 1.165) is 26.1 Å². The Kier molecular flexibility index (Phi) is 1.91. The van der Waals surface area contributed by atoms with E-state index in [2.05, 4.69) is 6.19 Å². The quantitative estimate of drug-likeness (QED) is 0.491. The van der Waals surface area contributed by atoms with E-state index in [9.17, 15) is 0 Å². The molecule has 1 saturated heterocycles. The van der Waals surface area contributed by atoms with Crippen LogP contribution in [0.3, 0.4) is 0 Å². The molecular formula is C6H11N3. The third kappa shape index (κ3) is 1.33. The molecule has 1 atom stereocenters. The summed E-state index contributed by atoms with van der Waals surface area (Å²) in [6, 6.07) is 0. The number of nitrogens with two attached hydrogens (primary N) is 1. The van der Waals surface area contributed by atoms with Crippen molar-refractivity contribution < 1.29 is 0 Å². The van der Waals surface area contributed by atoms with Gasteiger partial charge < -0.3 is 10.6 Å².